The Morgan fingerprint density at radius 2 is 1.86 bits per heavy atom. The van der Waals surface area contributed by atoms with E-state index in [1.807, 2.05) is 0 Å². The summed E-state index contributed by atoms with van der Waals surface area (Å²) in [6, 6.07) is 0. The third-order valence-corrected chi connectivity index (χ3v) is 1.34. The highest BCUT2D eigenvalue weighted by molar-refractivity contribution is 5.69. The molecule has 0 aromatic rings. The lowest BCUT2D eigenvalue weighted by molar-refractivity contribution is -0.144. The Morgan fingerprint density at radius 1 is 1.29 bits per heavy atom. The topological polar surface area (TPSA) is 55.8 Å². The molecule has 0 atom stereocenters. The van der Waals surface area contributed by atoms with Crippen molar-refractivity contribution < 1.29 is 19.4 Å². The number of carbonyl (C=O) groups is 1. The summed E-state index contributed by atoms with van der Waals surface area (Å²) in [6.45, 7) is 2.13. The van der Waals surface area contributed by atoms with E-state index in [1.165, 1.54) is 0 Å². The van der Waals surface area contributed by atoms with Crippen LogP contribution in [0.25, 0.3) is 0 Å². The van der Waals surface area contributed by atoms with Gasteiger partial charge in [0.15, 0.2) is 0 Å². The Morgan fingerprint density at radius 3 is 2.29 bits per heavy atom. The van der Waals surface area contributed by atoms with E-state index >= 15 is 0 Å². The van der Waals surface area contributed by atoms with E-state index < -0.39 is 0 Å². The molecule has 0 saturated heterocycles. The lowest BCUT2D eigenvalue weighted by atomic mass is 10.2. The molecule has 14 heavy (non-hydrogen) atoms. The zero-order valence-corrected chi connectivity index (χ0v) is 9.41. The van der Waals surface area contributed by atoms with Crippen molar-refractivity contribution in [1.82, 2.24) is 0 Å². The van der Waals surface area contributed by atoms with Crippen molar-refractivity contribution in [2.75, 3.05) is 27.4 Å². The lowest BCUT2D eigenvalue weighted by Crippen LogP contribution is -2.07. The van der Waals surface area contributed by atoms with Gasteiger partial charge in [0.25, 0.3) is 0 Å². The summed E-state index contributed by atoms with van der Waals surface area (Å²) < 4.78 is 8.90. The molecule has 4 nitrogen and oxygen atoms in total. The van der Waals surface area contributed by atoms with Crippen LogP contribution in [0, 0.1) is 0 Å². The first-order chi connectivity index (χ1) is 6.72. The van der Waals surface area contributed by atoms with E-state index in [9.17, 15) is 4.79 Å². The average molecular weight is 206 g/mol. The molecule has 0 aliphatic rings. The second-order valence-corrected chi connectivity index (χ2v) is 2.81. The van der Waals surface area contributed by atoms with E-state index in [-0.39, 0.29) is 19.2 Å². The fourth-order valence-corrected chi connectivity index (χ4v) is 0.751. The van der Waals surface area contributed by atoms with Crippen LogP contribution in [0.3, 0.4) is 0 Å². The zero-order valence-electron chi connectivity index (χ0n) is 9.41. The smallest absolute Gasteiger partial charge is 0.305 e. The molecule has 0 aromatic carbocycles. The molecule has 0 bridgehead atoms. The Hall–Kier alpha value is -0.610. The highest BCUT2D eigenvalue weighted by Gasteiger charge is 1.99. The molecule has 0 aromatic heterocycles. The number of esters is 1. The van der Waals surface area contributed by atoms with Crippen LogP contribution in [0.5, 0.6) is 0 Å². The highest BCUT2D eigenvalue weighted by atomic mass is 16.5. The summed E-state index contributed by atoms with van der Waals surface area (Å²) >= 11 is 0. The van der Waals surface area contributed by atoms with Crippen molar-refractivity contribution in [3.8, 4) is 0 Å². The van der Waals surface area contributed by atoms with Gasteiger partial charge in [0, 0.05) is 20.6 Å². The van der Waals surface area contributed by atoms with Crippen molar-refractivity contribution in [2.45, 2.75) is 32.6 Å². The molecule has 4 heteroatoms. The Kier molecular flexibility index (Phi) is 16.9. The van der Waals surface area contributed by atoms with Gasteiger partial charge in [-0.25, -0.2) is 0 Å². The molecule has 0 amide bonds. The van der Waals surface area contributed by atoms with Crippen LogP contribution in [-0.4, -0.2) is 38.5 Å². The normalized spacial score (nSPS) is 8.86. The summed E-state index contributed by atoms with van der Waals surface area (Å²) in [4.78, 5) is 10.7. The van der Waals surface area contributed by atoms with E-state index in [4.69, 9.17) is 5.11 Å². The molecule has 0 saturated carbocycles. The van der Waals surface area contributed by atoms with Gasteiger partial charge in [-0.3, -0.25) is 4.79 Å². The number of aliphatic hydroxyl groups is 1. The van der Waals surface area contributed by atoms with Gasteiger partial charge in [0.2, 0.25) is 0 Å². The first-order valence-electron chi connectivity index (χ1n) is 4.89. The largest absolute Gasteiger partial charge is 0.463 e. The highest BCUT2D eigenvalue weighted by Crippen LogP contribution is 1.99. The predicted octanol–water partition coefficient (Wildman–Crippen LogP) is 1.36. The summed E-state index contributed by atoms with van der Waals surface area (Å²) in [7, 11) is 3.25. The monoisotopic (exact) mass is 206 g/mol. The number of aliphatic hydroxyl groups excluding tert-OH is 1. The molecule has 0 radical (unpaired) electrons. The first kappa shape index (κ1) is 15.8. The van der Waals surface area contributed by atoms with Gasteiger partial charge in [-0.2, -0.15) is 0 Å². The van der Waals surface area contributed by atoms with Gasteiger partial charge in [0.1, 0.15) is 6.61 Å². The van der Waals surface area contributed by atoms with E-state index in [2.05, 4.69) is 16.4 Å². The van der Waals surface area contributed by atoms with Crippen LogP contribution in [0.15, 0.2) is 0 Å². The molecule has 1 N–H and O–H groups in total. The van der Waals surface area contributed by atoms with Crippen LogP contribution in [-0.2, 0) is 14.3 Å². The van der Waals surface area contributed by atoms with E-state index in [0.29, 0.717) is 6.42 Å². The van der Waals surface area contributed by atoms with Gasteiger partial charge in [-0.1, -0.05) is 19.8 Å². The average Bonchev–Trinajstić information content (AvgIpc) is 2.16. The summed E-state index contributed by atoms with van der Waals surface area (Å²) in [5.41, 5.74) is 0. The number of methoxy groups -OCH3 is 1. The lowest BCUT2D eigenvalue weighted by Gasteiger charge is -2.00. The minimum absolute atomic E-state index is 0.0838. The molecule has 0 heterocycles. The summed E-state index contributed by atoms with van der Waals surface area (Å²) in [6.07, 6.45) is 3.54. The van der Waals surface area contributed by atoms with Crippen LogP contribution < -0.4 is 0 Å². The molecule has 0 aliphatic carbocycles. The van der Waals surface area contributed by atoms with Crippen molar-refractivity contribution in [2.24, 2.45) is 0 Å². The molecule has 0 fully saturated rings. The number of unbranched alkanes of at least 4 members (excludes halogenated alkanes) is 2. The minimum Gasteiger partial charge on any atom is -0.463 e. The van der Waals surface area contributed by atoms with E-state index in [0.717, 1.165) is 19.3 Å². The quantitative estimate of drug-likeness (QED) is 0.526. The maximum Gasteiger partial charge on any atom is 0.305 e. The summed E-state index contributed by atoms with van der Waals surface area (Å²) in [5.74, 6) is -0.201. The molecule has 86 valence electrons. The second kappa shape index (κ2) is 14.9. The third-order valence-electron chi connectivity index (χ3n) is 1.34. The van der Waals surface area contributed by atoms with Gasteiger partial charge in [-0.15, -0.1) is 0 Å². The van der Waals surface area contributed by atoms with Crippen LogP contribution in [0.2, 0.25) is 0 Å². The molecule has 0 rings (SSSR count). The van der Waals surface area contributed by atoms with Gasteiger partial charge in [-0.05, 0) is 6.42 Å². The maximum absolute atomic E-state index is 10.7. The Bertz CT molecular complexity index is 115. The van der Waals surface area contributed by atoms with Crippen molar-refractivity contribution in [3.63, 3.8) is 0 Å². The molecule has 0 unspecified atom stereocenters. The van der Waals surface area contributed by atoms with Crippen LogP contribution in [0.1, 0.15) is 32.6 Å². The fraction of sp³-hybridized carbons (Fsp3) is 0.900. The predicted molar refractivity (Wildman–Crippen MR) is 55.1 cm³/mol. The van der Waals surface area contributed by atoms with Crippen LogP contribution in [0.4, 0.5) is 0 Å². The zero-order chi connectivity index (χ0) is 11.2. The number of hydrogen-bond donors (Lipinski definition) is 1. The van der Waals surface area contributed by atoms with Crippen LogP contribution >= 0.6 is 0 Å². The molecule has 0 aliphatic heterocycles. The minimum atomic E-state index is -0.201. The SMILES string of the molecule is CCCCCC(=O)OCCO.COC. The fourth-order valence-electron chi connectivity index (χ4n) is 0.751. The maximum atomic E-state index is 10.7. The van der Waals surface area contributed by atoms with Gasteiger partial charge >= 0.3 is 5.97 Å². The first-order valence-corrected chi connectivity index (χ1v) is 4.89. The van der Waals surface area contributed by atoms with Crippen molar-refractivity contribution in [1.29, 1.82) is 0 Å². The number of hydrogen-bond acceptors (Lipinski definition) is 4. The standard InChI is InChI=1S/C8H16O3.C2H6O/c1-2-3-4-5-8(10)11-7-6-9;1-3-2/h9H,2-7H2,1H3;1-2H3. The molecular formula is C10H22O4. The number of rotatable bonds is 6. The molecule has 0 spiro atoms. The second-order valence-electron chi connectivity index (χ2n) is 2.81. The number of ether oxygens (including phenoxy) is 2. The van der Waals surface area contributed by atoms with Gasteiger partial charge < -0.3 is 14.6 Å². The molecular weight excluding hydrogens is 184 g/mol. The number of carbonyl (C=O) groups excluding carboxylic acids is 1. The Balaban J connectivity index is 0. The Labute approximate surface area is 86.2 Å². The van der Waals surface area contributed by atoms with E-state index in [1.54, 1.807) is 14.2 Å². The third kappa shape index (κ3) is 17.5. The van der Waals surface area contributed by atoms with Gasteiger partial charge in [0.05, 0.1) is 6.61 Å². The van der Waals surface area contributed by atoms with Crippen molar-refractivity contribution in [3.05, 3.63) is 0 Å². The summed E-state index contributed by atoms with van der Waals surface area (Å²) in [5, 5.41) is 8.31. The van der Waals surface area contributed by atoms with Crippen molar-refractivity contribution >= 4 is 5.97 Å².